The fourth-order valence-electron chi connectivity index (χ4n) is 2.22. The van der Waals surface area contributed by atoms with Crippen LogP contribution < -0.4 is 0 Å². The molecule has 1 aliphatic heterocycles. The quantitative estimate of drug-likeness (QED) is 0.774. The molecule has 18 heavy (non-hydrogen) atoms. The lowest BCUT2D eigenvalue weighted by molar-refractivity contribution is -0.585. The Morgan fingerprint density at radius 2 is 1.56 bits per heavy atom. The minimum Gasteiger partial charge on any atom is -0.345 e. The van der Waals surface area contributed by atoms with Crippen LogP contribution in [0.4, 0.5) is 0 Å². The minimum atomic E-state index is -0.845. The maximum absolute atomic E-state index is 5.58. The molecule has 1 saturated heterocycles. The van der Waals surface area contributed by atoms with Crippen molar-refractivity contribution in [2.75, 3.05) is 7.11 Å². The summed E-state index contributed by atoms with van der Waals surface area (Å²) in [5, 5.41) is 0. The van der Waals surface area contributed by atoms with Crippen molar-refractivity contribution in [3.63, 3.8) is 0 Å². The Morgan fingerprint density at radius 1 is 0.944 bits per heavy atom. The van der Waals surface area contributed by atoms with Crippen LogP contribution in [0.15, 0.2) is 60.7 Å². The van der Waals surface area contributed by atoms with E-state index < -0.39 is 5.79 Å². The predicted octanol–water partition coefficient (Wildman–Crippen LogP) is 3.19. The first-order valence-electron chi connectivity index (χ1n) is 5.87. The highest BCUT2D eigenvalue weighted by Crippen LogP contribution is 2.50. The first kappa shape index (κ1) is 11.4. The molecule has 1 aliphatic rings. The first-order chi connectivity index (χ1) is 8.87. The normalized spacial score (nSPS) is 26.6. The van der Waals surface area contributed by atoms with E-state index in [9.17, 15) is 0 Å². The van der Waals surface area contributed by atoms with Crippen molar-refractivity contribution < 1.29 is 14.5 Å². The van der Waals surface area contributed by atoms with Gasteiger partial charge in [0.15, 0.2) is 6.10 Å². The molecule has 2 unspecified atom stereocenters. The van der Waals surface area contributed by atoms with E-state index in [4.69, 9.17) is 14.5 Å². The molecule has 3 rings (SSSR count). The van der Waals surface area contributed by atoms with Crippen molar-refractivity contribution in [1.82, 2.24) is 0 Å². The van der Waals surface area contributed by atoms with Gasteiger partial charge < -0.3 is 4.74 Å². The van der Waals surface area contributed by atoms with Gasteiger partial charge in [0.1, 0.15) is 0 Å². The molecule has 0 saturated carbocycles. The third kappa shape index (κ3) is 1.64. The van der Waals surface area contributed by atoms with E-state index in [-0.39, 0.29) is 6.10 Å². The summed E-state index contributed by atoms with van der Waals surface area (Å²) in [5.41, 5.74) is 1.99. The van der Waals surface area contributed by atoms with Gasteiger partial charge in [-0.3, -0.25) is 0 Å². The van der Waals surface area contributed by atoms with Crippen molar-refractivity contribution >= 4 is 0 Å². The van der Waals surface area contributed by atoms with Crippen LogP contribution in [-0.2, 0) is 20.3 Å². The van der Waals surface area contributed by atoms with Crippen molar-refractivity contribution in [3.8, 4) is 0 Å². The molecule has 1 fully saturated rings. The van der Waals surface area contributed by atoms with Gasteiger partial charge in [0, 0.05) is 12.7 Å². The topological polar surface area (TPSA) is 27.7 Å². The zero-order valence-corrected chi connectivity index (χ0v) is 10.1. The average Bonchev–Trinajstić information content (AvgIpc) is 2.41. The predicted molar refractivity (Wildman–Crippen MR) is 66.5 cm³/mol. The molecule has 0 bridgehead atoms. The van der Waals surface area contributed by atoms with Crippen LogP contribution in [0.25, 0.3) is 0 Å². The lowest BCUT2D eigenvalue weighted by Crippen LogP contribution is -2.49. The third-order valence-electron chi connectivity index (χ3n) is 3.20. The monoisotopic (exact) mass is 242 g/mol. The van der Waals surface area contributed by atoms with Gasteiger partial charge in [-0.2, -0.15) is 4.89 Å². The SMILES string of the molecule is COC1(c2ccccc2)OOC1c1ccccc1. The molecule has 0 radical (unpaired) electrons. The standard InChI is InChI=1S/C15H14O3/c1-16-15(13-10-6-3-7-11-13)14(17-18-15)12-8-4-2-5-9-12/h2-11,14H,1H3. The van der Waals surface area contributed by atoms with E-state index in [2.05, 4.69) is 0 Å². The molecule has 2 atom stereocenters. The largest absolute Gasteiger partial charge is 0.345 e. The van der Waals surface area contributed by atoms with Crippen LogP contribution in [0, 0.1) is 0 Å². The van der Waals surface area contributed by atoms with Crippen molar-refractivity contribution in [2.24, 2.45) is 0 Å². The molecule has 92 valence electrons. The third-order valence-corrected chi connectivity index (χ3v) is 3.20. The summed E-state index contributed by atoms with van der Waals surface area (Å²) < 4.78 is 5.58. The average molecular weight is 242 g/mol. The van der Waals surface area contributed by atoms with Crippen molar-refractivity contribution in [2.45, 2.75) is 11.9 Å². The summed E-state index contributed by atoms with van der Waals surface area (Å²) in [7, 11) is 1.63. The fraction of sp³-hybridized carbons (Fsp3) is 0.200. The number of hydrogen-bond donors (Lipinski definition) is 0. The maximum atomic E-state index is 5.58. The second-order valence-corrected chi connectivity index (χ2v) is 4.21. The highest BCUT2D eigenvalue weighted by Gasteiger charge is 2.54. The molecule has 0 amide bonds. The summed E-state index contributed by atoms with van der Waals surface area (Å²) in [6.07, 6.45) is -0.244. The Morgan fingerprint density at radius 3 is 2.06 bits per heavy atom. The molecular weight excluding hydrogens is 228 g/mol. The van der Waals surface area contributed by atoms with Crippen molar-refractivity contribution in [3.05, 3.63) is 71.8 Å². The Kier molecular flexibility index (Phi) is 2.88. The van der Waals surface area contributed by atoms with Gasteiger partial charge in [-0.15, -0.1) is 0 Å². The molecule has 1 heterocycles. The van der Waals surface area contributed by atoms with Gasteiger partial charge in [-0.1, -0.05) is 60.7 Å². The molecule has 0 spiro atoms. The zero-order chi connectivity index (χ0) is 12.4. The molecule has 2 aromatic carbocycles. The van der Waals surface area contributed by atoms with E-state index in [1.165, 1.54) is 0 Å². The van der Waals surface area contributed by atoms with E-state index in [0.717, 1.165) is 11.1 Å². The summed E-state index contributed by atoms with van der Waals surface area (Å²) in [6, 6.07) is 19.8. The number of methoxy groups -OCH3 is 1. The van der Waals surface area contributed by atoms with Crippen molar-refractivity contribution in [1.29, 1.82) is 0 Å². The number of ether oxygens (including phenoxy) is 1. The Labute approximate surface area is 106 Å². The maximum Gasteiger partial charge on any atom is 0.261 e. The van der Waals surface area contributed by atoms with Gasteiger partial charge >= 0.3 is 0 Å². The lowest BCUT2D eigenvalue weighted by atomic mass is 9.93. The van der Waals surface area contributed by atoms with Gasteiger partial charge in [0.2, 0.25) is 0 Å². The Balaban J connectivity index is 1.99. The van der Waals surface area contributed by atoms with E-state index >= 15 is 0 Å². The van der Waals surface area contributed by atoms with E-state index in [1.807, 2.05) is 60.7 Å². The molecule has 3 heteroatoms. The Hall–Kier alpha value is -1.68. The summed E-state index contributed by atoms with van der Waals surface area (Å²) in [6.45, 7) is 0. The number of hydrogen-bond acceptors (Lipinski definition) is 3. The molecule has 3 nitrogen and oxygen atoms in total. The smallest absolute Gasteiger partial charge is 0.261 e. The van der Waals surface area contributed by atoms with Crippen LogP contribution >= 0.6 is 0 Å². The second-order valence-electron chi connectivity index (χ2n) is 4.21. The van der Waals surface area contributed by atoms with E-state index in [1.54, 1.807) is 7.11 Å². The van der Waals surface area contributed by atoms with Gasteiger partial charge in [0.25, 0.3) is 5.79 Å². The van der Waals surface area contributed by atoms with Crippen LogP contribution in [0.3, 0.4) is 0 Å². The highest BCUT2D eigenvalue weighted by atomic mass is 17.3. The molecular formula is C15H14O3. The highest BCUT2D eigenvalue weighted by molar-refractivity contribution is 5.29. The lowest BCUT2D eigenvalue weighted by Gasteiger charge is -2.45. The first-order valence-corrected chi connectivity index (χ1v) is 5.87. The number of rotatable bonds is 3. The second kappa shape index (κ2) is 4.53. The molecule has 0 aliphatic carbocycles. The number of benzene rings is 2. The summed E-state index contributed by atoms with van der Waals surface area (Å²) >= 11 is 0. The van der Waals surface area contributed by atoms with Crippen LogP contribution in [0.5, 0.6) is 0 Å². The summed E-state index contributed by atoms with van der Waals surface area (Å²) in [5.74, 6) is -0.845. The van der Waals surface area contributed by atoms with Crippen LogP contribution in [-0.4, -0.2) is 7.11 Å². The zero-order valence-electron chi connectivity index (χ0n) is 10.1. The Bertz CT molecular complexity index is 508. The minimum absolute atomic E-state index is 0.244. The van der Waals surface area contributed by atoms with Crippen LogP contribution in [0.1, 0.15) is 17.2 Å². The molecule has 0 N–H and O–H groups in total. The fourth-order valence-corrected chi connectivity index (χ4v) is 2.22. The van der Waals surface area contributed by atoms with E-state index in [0.29, 0.717) is 0 Å². The molecule has 2 aromatic rings. The van der Waals surface area contributed by atoms with Gasteiger partial charge in [-0.25, -0.2) is 4.89 Å². The van der Waals surface area contributed by atoms with Gasteiger partial charge in [-0.05, 0) is 5.56 Å². The van der Waals surface area contributed by atoms with Crippen LogP contribution in [0.2, 0.25) is 0 Å². The van der Waals surface area contributed by atoms with Gasteiger partial charge in [0.05, 0.1) is 0 Å². The summed E-state index contributed by atoms with van der Waals surface area (Å²) in [4.78, 5) is 10.6. The molecule has 0 aromatic heterocycles.